The van der Waals surface area contributed by atoms with E-state index < -0.39 is 11.4 Å². The summed E-state index contributed by atoms with van der Waals surface area (Å²) in [5.41, 5.74) is 7.89. The van der Waals surface area contributed by atoms with Gasteiger partial charge in [-0.1, -0.05) is 23.4 Å². The summed E-state index contributed by atoms with van der Waals surface area (Å²) in [5.74, 6) is 1.21. The van der Waals surface area contributed by atoms with E-state index in [1.54, 1.807) is 12.5 Å². The first-order valence-electron chi connectivity index (χ1n) is 12.5. The van der Waals surface area contributed by atoms with Gasteiger partial charge in [0.05, 0.1) is 23.1 Å². The summed E-state index contributed by atoms with van der Waals surface area (Å²) in [7, 11) is 0. The Hall–Kier alpha value is -2.51. The van der Waals surface area contributed by atoms with E-state index in [1.165, 1.54) is 11.8 Å². The van der Waals surface area contributed by atoms with Gasteiger partial charge in [-0.3, -0.25) is 9.08 Å². The van der Waals surface area contributed by atoms with Gasteiger partial charge < -0.3 is 15.2 Å². The Labute approximate surface area is 233 Å². The van der Waals surface area contributed by atoms with E-state index in [1.807, 2.05) is 49.8 Å². The third kappa shape index (κ3) is 4.41. The summed E-state index contributed by atoms with van der Waals surface area (Å²) in [4.78, 5) is 16.5. The fourth-order valence-electron chi connectivity index (χ4n) is 5.34. The van der Waals surface area contributed by atoms with E-state index in [4.69, 9.17) is 22.3 Å². The third-order valence-electron chi connectivity index (χ3n) is 7.46. The second kappa shape index (κ2) is 9.60. The third-order valence-corrected chi connectivity index (χ3v) is 10.6. The SMILES string of the molecule is CC(C)(C)[S@@+]([O-])N[C@@H]1c2ccnn2CC12CCN(c1ncc(Sc3ccnc(N)c3Cl)n3cncc13)CC2. The lowest BCUT2D eigenvalue weighted by Gasteiger charge is -2.43. The zero-order chi connectivity index (χ0) is 26.7. The summed E-state index contributed by atoms with van der Waals surface area (Å²) in [5, 5.41) is 5.87. The van der Waals surface area contributed by atoms with Gasteiger partial charge in [-0.25, -0.2) is 15.0 Å². The molecule has 0 unspecified atom stereocenters. The van der Waals surface area contributed by atoms with Gasteiger partial charge in [0.1, 0.15) is 33.5 Å². The van der Waals surface area contributed by atoms with Crippen LogP contribution < -0.4 is 15.4 Å². The van der Waals surface area contributed by atoms with Crippen LogP contribution in [0.3, 0.4) is 0 Å². The molecule has 4 aromatic rings. The summed E-state index contributed by atoms with van der Waals surface area (Å²) < 4.78 is 20.3. The molecule has 1 saturated heterocycles. The van der Waals surface area contributed by atoms with E-state index in [0.717, 1.165) is 59.4 Å². The van der Waals surface area contributed by atoms with Crippen molar-refractivity contribution in [2.75, 3.05) is 23.7 Å². The molecule has 0 radical (unpaired) electrons. The summed E-state index contributed by atoms with van der Waals surface area (Å²) in [6.45, 7) is 8.48. The van der Waals surface area contributed by atoms with Crippen LogP contribution in [0.4, 0.5) is 11.6 Å². The zero-order valence-corrected chi connectivity index (χ0v) is 23.9. The van der Waals surface area contributed by atoms with E-state index in [2.05, 4.69) is 35.4 Å². The molecule has 2 atom stereocenters. The molecule has 0 bridgehead atoms. The lowest BCUT2D eigenvalue weighted by Crippen LogP contribution is -2.50. The Morgan fingerprint density at radius 1 is 1.18 bits per heavy atom. The van der Waals surface area contributed by atoms with Crippen molar-refractivity contribution < 1.29 is 4.55 Å². The topological polar surface area (TPSA) is 125 Å². The van der Waals surface area contributed by atoms with Crippen LogP contribution in [0.15, 0.2) is 53.2 Å². The number of fused-ring (bicyclic) bond motifs is 2. The van der Waals surface area contributed by atoms with Crippen molar-refractivity contribution in [1.82, 2.24) is 33.9 Å². The molecule has 200 valence electrons. The molecule has 0 aromatic carbocycles. The van der Waals surface area contributed by atoms with Crippen molar-refractivity contribution in [3.8, 4) is 0 Å². The van der Waals surface area contributed by atoms with E-state index in [9.17, 15) is 4.55 Å². The highest BCUT2D eigenvalue weighted by atomic mass is 35.5. The van der Waals surface area contributed by atoms with Gasteiger partial charge in [0, 0.05) is 53.7 Å². The average Bonchev–Trinajstić information content (AvgIpc) is 3.60. The maximum Gasteiger partial charge on any atom is 0.154 e. The minimum atomic E-state index is -1.18. The average molecular weight is 572 g/mol. The zero-order valence-electron chi connectivity index (χ0n) is 21.5. The smallest absolute Gasteiger partial charge is 0.154 e. The van der Waals surface area contributed by atoms with Crippen LogP contribution in [0.2, 0.25) is 5.02 Å². The quantitative estimate of drug-likeness (QED) is 0.340. The normalized spacial score (nSPS) is 19.8. The highest BCUT2D eigenvalue weighted by Crippen LogP contribution is 2.50. The Morgan fingerprint density at radius 2 is 1.97 bits per heavy atom. The number of piperidine rings is 1. The predicted molar refractivity (Wildman–Crippen MR) is 151 cm³/mol. The number of anilines is 2. The second-order valence-corrected chi connectivity index (χ2v) is 14.3. The molecular formula is C25H30ClN9OS2. The molecule has 13 heteroatoms. The van der Waals surface area contributed by atoms with Crippen LogP contribution in [0.1, 0.15) is 45.3 Å². The predicted octanol–water partition coefficient (Wildman–Crippen LogP) is 4.10. The fourth-order valence-corrected chi connectivity index (χ4v) is 7.40. The number of imidazole rings is 1. The summed E-state index contributed by atoms with van der Waals surface area (Å²) >= 11 is 6.68. The molecule has 6 rings (SSSR count). The number of nitrogen functional groups attached to an aromatic ring is 1. The van der Waals surface area contributed by atoms with Crippen LogP contribution in [0.5, 0.6) is 0 Å². The van der Waals surface area contributed by atoms with Crippen LogP contribution >= 0.6 is 23.4 Å². The highest BCUT2D eigenvalue weighted by Gasteiger charge is 2.51. The molecule has 6 heterocycles. The molecule has 2 aliphatic rings. The number of nitrogens with one attached hydrogen (secondary N) is 1. The Bertz CT molecular complexity index is 1480. The van der Waals surface area contributed by atoms with Crippen molar-refractivity contribution in [3.63, 3.8) is 0 Å². The minimum Gasteiger partial charge on any atom is -0.598 e. The molecule has 38 heavy (non-hydrogen) atoms. The van der Waals surface area contributed by atoms with Crippen molar-refractivity contribution in [1.29, 1.82) is 0 Å². The molecule has 2 aliphatic heterocycles. The lowest BCUT2D eigenvalue weighted by atomic mass is 9.73. The molecule has 0 aliphatic carbocycles. The number of hydrogen-bond donors (Lipinski definition) is 2. The van der Waals surface area contributed by atoms with Crippen LogP contribution in [0, 0.1) is 5.41 Å². The first-order valence-corrected chi connectivity index (χ1v) is 14.8. The highest BCUT2D eigenvalue weighted by molar-refractivity contribution is 7.99. The molecule has 3 N–H and O–H groups in total. The van der Waals surface area contributed by atoms with Crippen molar-refractivity contribution >= 4 is 51.9 Å². The summed E-state index contributed by atoms with van der Waals surface area (Å²) in [6, 6.07) is 3.88. The Kier molecular flexibility index (Phi) is 6.50. The van der Waals surface area contributed by atoms with Crippen molar-refractivity contribution in [2.24, 2.45) is 5.41 Å². The van der Waals surface area contributed by atoms with Gasteiger partial charge in [-0.2, -0.15) is 5.10 Å². The van der Waals surface area contributed by atoms with Crippen LogP contribution in [-0.2, 0) is 17.9 Å². The lowest BCUT2D eigenvalue weighted by molar-refractivity contribution is 0.160. The molecular weight excluding hydrogens is 542 g/mol. The molecule has 1 fully saturated rings. The largest absolute Gasteiger partial charge is 0.598 e. The number of pyridine rings is 1. The first kappa shape index (κ1) is 25.8. The fraction of sp³-hybridized carbons (Fsp3) is 0.440. The van der Waals surface area contributed by atoms with Gasteiger partial charge in [0.15, 0.2) is 5.82 Å². The van der Waals surface area contributed by atoms with Crippen LogP contribution in [0.25, 0.3) is 5.52 Å². The second-order valence-electron chi connectivity index (χ2n) is 10.9. The molecule has 4 aromatic heterocycles. The minimum absolute atomic E-state index is 0.00789. The maximum atomic E-state index is 13.1. The van der Waals surface area contributed by atoms with E-state index in [0.29, 0.717) is 10.8 Å². The number of hydrogen-bond acceptors (Lipinski definition) is 9. The number of rotatable bonds is 5. The van der Waals surface area contributed by atoms with Gasteiger partial charge in [-0.15, -0.1) is 4.72 Å². The number of halogens is 1. The van der Waals surface area contributed by atoms with Crippen molar-refractivity contribution in [2.45, 2.75) is 60.9 Å². The number of nitrogens with two attached hydrogens (primary N) is 1. The first-order chi connectivity index (χ1) is 18.2. The Balaban J connectivity index is 1.24. The van der Waals surface area contributed by atoms with Gasteiger partial charge >= 0.3 is 0 Å². The molecule has 10 nitrogen and oxygen atoms in total. The Morgan fingerprint density at radius 3 is 2.74 bits per heavy atom. The van der Waals surface area contributed by atoms with Gasteiger partial charge in [-0.05, 0) is 45.7 Å². The van der Waals surface area contributed by atoms with E-state index in [-0.39, 0.29) is 16.2 Å². The van der Waals surface area contributed by atoms with E-state index >= 15 is 0 Å². The molecule has 0 saturated carbocycles. The van der Waals surface area contributed by atoms with Gasteiger partial charge in [0.2, 0.25) is 0 Å². The molecule has 1 spiro atoms. The molecule has 0 amide bonds. The maximum absolute atomic E-state index is 13.1. The van der Waals surface area contributed by atoms with Gasteiger partial charge in [0.25, 0.3) is 0 Å². The standard InChI is InChI=1S/C25H30ClN9OS2/c1-24(2,3)38(36)32-21-16-4-9-31-35(16)14-25(21)6-10-33(11-7-25)23-17-12-28-15-34(17)19(13-30-23)37-18-5-8-29-22(27)20(18)26/h4-5,8-9,12-13,15,21,32H,6-7,10-11,14H2,1-3H3,(H2,27,29)/t21-,38-/m1/s1. The monoisotopic (exact) mass is 571 g/mol. The number of nitrogens with zero attached hydrogens (tertiary/aromatic N) is 7. The number of aromatic nitrogens is 6. The summed E-state index contributed by atoms with van der Waals surface area (Å²) in [6.07, 6.45) is 10.8. The van der Waals surface area contributed by atoms with Crippen molar-refractivity contribution in [3.05, 3.63) is 54.0 Å². The van der Waals surface area contributed by atoms with Crippen LogP contribution in [-0.4, -0.2) is 51.5 Å².